The third-order valence-corrected chi connectivity index (χ3v) is 8.22. The minimum absolute atomic E-state index is 0.00875. The SMILES string of the molecule is CC#Cc1ccc2sc3cc(Cl)c([C@](C)(CC(=O)OC)N[S+]([O-])C(C)(C)C)cc3c2c1. The maximum Gasteiger partial charge on any atom is 0.307 e. The fourth-order valence-corrected chi connectivity index (χ4v) is 5.79. The highest BCUT2D eigenvalue weighted by Crippen LogP contribution is 2.41. The van der Waals surface area contributed by atoms with Gasteiger partial charge in [-0.1, -0.05) is 17.5 Å². The van der Waals surface area contributed by atoms with Crippen molar-refractivity contribution >= 4 is 60.4 Å². The van der Waals surface area contributed by atoms with E-state index in [0.717, 1.165) is 25.7 Å². The number of fused-ring (bicyclic) bond motifs is 3. The molecular weight excluding hydrogens is 450 g/mol. The zero-order valence-electron chi connectivity index (χ0n) is 18.5. The highest BCUT2D eigenvalue weighted by atomic mass is 35.5. The summed E-state index contributed by atoms with van der Waals surface area (Å²) in [6.45, 7) is 9.28. The van der Waals surface area contributed by atoms with Gasteiger partial charge in [-0.15, -0.1) is 22.0 Å². The summed E-state index contributed by atoms with van der Waals surface area (Å²) in [6, 6.07) is 10.1. The zero-order chi connectivity index (χ0) is 23.0. The molecule has 0 saturated heterocycles. The number of ether oxygens (including phenoxy) is 1. The van der Waals surface area contributed by atoms with E-state index in [4.69, 9.17) is 16.3 Å². The van der Waals surface area contributed by atoms with E-state index in [2.05, 4.69) is 28.7 Å². The number of carbonyl (C=O) groups excluding carboxylic acids is 1. The highest BCUT2D eigenvalue weighted by molar-refractivity contribution is 7.90. The molecule has 0 saturated carbocycles. The van der Waals surface area contributed by atoms with Crippen LogP contribution in [-0.2, 0) is 26.4 Å². The Labute approximate surface area is 195 Å². The number of methoxy groups -OCH3 is 1. The monoisotopic (exact) mass is 475 g/mol. The van der Waals surface area contributed by atoms with E-state index < -0.39 is 27.6 Å². The normalized spacial score (nSPS) is 14.7. The molecule has 2 aromatic carbocycles. The molecule has 31 heavy (non-hydrogen) atoms. The fraction of sp³-hybridized carbons (Fsp3) is 0.375. The van der Waals surface area contributed by atoms with Crippen LogP contribution in [0, 0.1) is 11.8 Å². The van der Waals surface area contributed by atoms with Crippen molar-refractivity contribution in [2.75, 3.05) is 7.11 Å². The van der Waals surface area contributed by atoms with Gasteiger partial charge in [-0.05, 0) is 70.5 Å². The quantitative estimate of drug-likeness (QED) is 0.283. The van der Waals surface area contributed by atoms with Crippen LogP contribution >= 0.6 is 22.9 Å². The van der Waals surface area contributed by atoms with Gasteiger partial charge in [-0.2, -0.15) is 0 Å². The Hall–Kier alpha value is -1.75. The summed E-state index contributed by atoms with van der Waals surface area (Å²) in [5.74, 6) is 5.63. The standard InChI is InChI=1S/C24H26ClNO3S2/c1-7-8-15-9-10-20-16(11-15)17-12-18(19(25)13-21(17)30-20)24(5,14-22(27)29-6)26-31(28)23(2,3)4/h9-13,26H,14H2,1-6H3/t24-,31?/m0/s1. The molecule has 7 heteroatoms. The van der Waals surface area contributed by atoms with Crippen LogP contribution in [-0.4, -0.2) is 22.4 Å². The first-order chi connectivity index (χ1) is 14.5. The average molecular weight is 476 g/mol. The summed E-state index contributed by atoms with van der Waals surface area (Å²) < 4.78 is 22.7. The zero-order valence-corrected chi connectivity index (χ0v) is 20.9. The van der Waals surface area contributed by atoms with Gasteiger partial charge in [0.25, 0.3) is 0 Å². The molecule has 1 heterocycles. The number of hydrogen-bond donors (Lipinski definition) is 1. The van der Waals surface area contributed by atoms with Gasteiger partial charge in [0.05, 0.1) is 19.1 Å². The number of esters is 1. The van der Waals surface area contributed by atoms with Gasteiger partial charge in [0.1, 0.15) is 4.75 Å². The van der Waals surface area contributed by atoms with Crippen LogP contribution in [0.1, 0.15) is 52.2 Å². The molecule has 3 rings (SSSR count). The van der Waals surface area contributed by atoms with Crippen LogP contribution in [0.25, 0.3) is 20.2 Å². The maximum atomic E-state index is 13.0. The van der Waals surface area contributed by atoms with E-state index in [9.17, 15) is 9.35 Å². The van der Waals surface area contributed by atoms with Gasteiger partial charge >= 0.3 is 5.97 Å². The van der Waals surface area contributed by atoms with E-state index in [-0.39, 0.29) is 6.42 Å². The van der Waals surface area contributed by atoms with Crippen molar-refractivity contribution in [3.63, 3.8) is 0 Å². The van der Waals surface area contributed by atoms with Crippen LogP contribution in [0.4, 0.5) is 0 Å². The summed E-state index contributed by atoms with van der Waals surface area (Å²) in [5, 5.41) is 2.62. The number of benzene rings is 2. The summed E-state index contributed by atoms with van der Waals surface area (Å²) in [4.78, 5) is 12.3. The first kappa shape index (κ1) is 23.9. The molecule has 3 aromatic rings. The topological polar surface area (TPSA) is 61.4 Å². The molecule has 0 aliphatic heterocycles. The van der Waals surface area contributed by atoms with Crippen LogP contribution in [0.15, 0.2) is 30.3 Å². The number of rotatable bonds is 5. The molecule has 0 fully saturated rings. The summed E-state index contributed by atoms with van der Waals surface area (Å²) in [6.07, 6.45) is -0.00875. The molecule has 164 valence electrons. The molecule has 0 aliphatic rings. The number of nitrogens with one attached hydrogen (secondary N) is 1. The molecule has 2 atom stereocenters. The molecule has 0 aliphatic carbocycles. The predicted molar refractivity (Wildman–Crippen MR) is 132 cm³/mol. The first-order valence-electron chi connectivity index (χ1n) is 9.84. The highest BCUT2D eigenvalue weighted by Gasteiger charge is 2.40. The van der Waals surface area contributed by atoms with Gasteiger partial charge in [0.2, 0.25) is 0 Å². The van der Waals surface area contributed by atoms with Crippen LogP contribution in [0.5, 0.6) is 0 Å². The van der Waals surface area contributed by atoms with Gasteiger partial charge in [0.15, 0.2) is 0 Å². The Bertz CT molecular complexity index is 1200. The van der Waals surface area contributed by atoms with E-state index in [1.807, 2.05) is 52.8 Å². The Kier molecular flexibility index (Phi) is 6.95. The van der Waals surface area contributed by atoms with Crippen LogP contribution in [0.2, 0.25) is 5.02 Å². The second-order valence-corrected chi connectivity index (χ2v) is 12.0. The predicted octanol–water partition coefficient (Wildman–Crippen LogP) is 5.91. The molecular formula is C24H26ClNO3S2. The lowest BCUT2D eigenvalue weighted by molar-refractivity contribution is -0.142. The molecule has 1 unspecified atom stereocenters. The molecule has 0 radical (unpaired) electrons. The van der Waals surface area contributed by atoms with Crippen molar-refractivity contribution in [1.82, 2.24) is 4.72 Å². The van der Waals surface area contributed by atoms with Crippen molar-refractivity contribution in [3.05, 3.63) is 46.5 Å². The summed E-state index contributed by atoms with van der Waals surface area (Å²) in [7, 11) is 1.34. The minimum Gasteiger partial charge on any atom is -0.598 e. The lowest BCUT2D eigenvalue weighted by Gasteiger charge is -2.35. The Morgan fingerprint density at radius 3 is 2.48 bits per heavy atom. The van der Waals surface area contributed by atoms with Crippen molar-refractivity contribution in [2.24, 2.45) is 0 Å². The van der Waals surface area contributed by atoms with Crippen LogP contribution < -0.4 is 4.72 Å². The number of hydrogen-bond acceptors (Lipinski definition) is 5. The lowest BCUT2D eigenvalue weighted by atomic mass is 9.88. The molecule has 0 amide bonds. The summed E-state index contributed by atoms with van der Waals surface area (Å²) in [5.41, 5.74) is 0.665. The van der Waals surface area contributed by atoms with Gasteiger partial charge < -0.3 is 9.29 Å². The largest absolute Gasteiger partial charge is 0.598 e. The van der Waals surface area contributed by atoms with Gasteiger partial charge in [0, 0.05) is 42.1 Å². The Morgan fingerprint density at radius 2 is 1.87 bits per heavy atom. The Morgan fingerprint density at radius 1 is 1.19 bits per heavy atom. The summed E-state index contributed by atoms with van der Waals surface area (Å²) >= 11 is 6.94. The van der Waals surface area contributed by atoms with Crippen molar-refractivity contribution in [1.29, 1.82) is 0 Å². The third-order valence-electron chi connectivity index (χ3n) is 5.02. The molecule has 0 bridgehead atoms. The van der Waals surface area contributed by atoms with E-state index in [0.29, 0.717) is 10.6 Å². The molecule has 1 aromatic heterocycles. The number of thiophene rings is 1. The molecule has 4 nitrogen and oxygen atoms in total. The minimum atomic E-state index is -1.42. The van der Waals surface area contributed by atoms with Crippen molar-refractivity contribution in [2.45, 2.75) is 51.3 Å². The van der Waals surface area contributed by atoms with Gasteiger partial charge in [-0.3, -0.25) is 4.79 Å². The second kappa shape index (κ2) is 9.01. The second-order valence-electron chi connectivity index (χ2n) is 8.58. The maximum absolute atomic E-state index is 13.0. The number of carbonyl (C=O) groups is 1. The van der Waals surface area contributed by atoms with E-state index in [1.54, 1.807) is 11.3 Å². The van der Waals surface area contributed by atoms with Crippen molar-refractivity contribution in [3.8, 4) is 11.8 Å². The third kappa shape index (κ3) is 5.02. The average Bonchev–Trinajstić information content (AvgIpc) is 3.03. The Balaban J connectivity index is 2.22. The first-order valence-corrected chi connectivity index (χ1v) is 12.2. The van der Waals surface area contributed by atoms with E-state index >= 15 is 0 Å². The smallest absolute Gasteiger partial charge is 0.307 e. The molecule has 0 spiro atoms. The van der Waals surface area contributed by atoms with Crippen molar-refractivity contribution < 1.29 is 14.1 Å². The number of halogens is 1. The lowest BCUT2D eigenvalue weighted by Crippen LogP contribution is -2.51. The van der Waals surface area contributed by atoms with Gasteiger partial charge in [-0.25, -0.2) is 0 Å². The fourth-order valence-electron chi connectivity index (χ4n) is 3.35. The van der Waals surface area contributed by atoms with E-state index in [1.165, 1.54) is 7.11 Å². The van der Waals surface area contributed by atoms with Crippen LogP contribution in [0.3, 0.4) is 0 Å². The molecule has 1 N–H and O–H groups in total.